The molecule has 110 valence electrons. The van der Waals surface area contributed by atoms with Gasteiger partial charge in [-0.1, -0.05) is 23.8 Å². The van der Waals surface area contributed by atoms with Crippen LogP contribution >= 0.6 is 0 Å². The number of rotatable bonds is 4. The maximum Gasteiger partial charge on any atom is 0.200 e. The van der Waals surface area contributed by atoms with Crippen molar-refractivity contribution in [2.75, 3.05) is 6.61 Å². The molecule has 0 saturated carbocycles. The second-order valence-electron chi connectivity index (χ2n) is 5.39. The van der Waals surface area contributed by atoms with Gasteiger partial charge in [0, 0.05) is 5.57 Å². The molecule has 1 aliphatic heterocycles. The van der Waals surface area contributed by atoms with Gasteiger partial charge in [-0.05, 0) is 26.3 Å². The molecule has 0 radical (unpaired) electrons. The number of hydrogen-bond acceptors (Lipinski definition) is 5. The summed E-state index contributed by atoms with van der Waals surface area (Å²) in [7, 11) is 0. The van der Waals surface area contributed by atoms with E-state index in [0.717, 1.165) is 5.57 Å². The van der Waals surface area contributed by atoms with Crippen molar-refractivity contribution in [3.05, 3.63) is 34.9 Å². The van der Waals surface area contributed by atoms with Gasteiger partial charge >= 0.3 is 0 Å². The third-order valence-electron chi connectivity index (χ3n) is 3.71. The molecule has 4 unspecified atom stereocenters. The average molecular weight is 280 g/mol. The molecule has 0 aromatic heterocycles. The highest BCUT2D eigenvalue weighted by atomic mass is 16.6. The Balaban J connectivity index is 2.46. The Morgan fingerprint density at radius 3 is 2.65 bits per heavy atom. The van der Waals surface area contributed by atoms with Crippen molar-refractivity contribution in [2.45, 2.75) is 44.7 Å². The van der Waals surface area contributed by atoms with E-state index in [4.69, 9.17) is 4.74 Å². The molecule has 4 atom stereocenters. The smallest absolute Gasteiger partial charge is 0.200 e. The SMILES string of the molecule is CC=CC1=C(CO)C(O)C2OC2(C(O)C=C(C)C)C1=O. The summed E-state index contributed by atoms with van der Waals surface area (Å²) in [4.78, 5) is 12.6. The van der Waals surface area contributed by atoms with Crippen LogP contribution in [0.4, 0.5) is 0 Å². The van der Waals surface area contributed by atoms with Crippen molar-refractivity contribution < 1.29 is 24.9 Å². The van der Waals surface area contributed by atoms with Gasteiger partial charge in [0.1, 0.15) is 18.3 Å². The van der Waals surface area contributed by atoms with E-state index in [1.807, 2.05) is 13.8 Å². The predicted octanol–water partition coefficient (Wildman–Crippen LogP) is 0.260. The molecule has 0 aromatic rings. The molecule has 2 aliphatic rings. The number of carbonyl (C=O) groups excluding carboxylic acids is 1. The van der Waals surface area contributed by atoms with E-state index >= 15 is 0 Å². The first-order chi connectivity index (χ1) is 9.40. The first kappa shape index (κ1) is 15.1. The van der Waals surface area contributed by atoms with Gasteiger partial charge < -0.3 is 20.1 Å². The zero-order chi connectivity index (χ0) is 15.1. The molecule has 2 rings (SSSR count). The Morgan fingerprint density at radius 2 is 2.15 bits per heavy atom. The second-order valence-corrected chi connectivity index (χ2v) is 5.39. The maximum atomic E-state index is 12.6. The Hall–Kier alpha value is -1.27. The summed E-state index contributed by atoms with van der Waals surface area (Å²) in [6, 6.07) is 0. The van der Waals surface area contributed by atoms with Crippen molar-refractivity contribution in [1.29, 1.82) is 0 Å². The van der Waals surface area contributed by atoms with Crippen molar-refractivity contribution in [1.82, 2.24) is 0 Å². The Labute approximate surface area is 117 Å². The molecule has 1 aliphatic carbocycles. The lowest BCUT2D eigenvalue weighted by Gasteiger charge is -2.26. The van der Waals surface area contributed by atoms with Gasteiger partial charge in [-0.25, -0.2) is 0 Å². The summed E-state index contributed by atoms with van der Waals surface area (Å²) in [6.45, 7) is 4.94. The van der Waals surface area contributed by atoms with E-state index in [1.54, 1.807) is 19.1 Å². The van der Waals surface area contributed by atoms with Crippen molar-refractivity contribution in [2.24, 2.45) is 0 Å². The number of hydrogen-bond donors (Lipinski definition) is 3. The lowest BCUT2D eigenvalue weighted by atomic mass is 9.77. The summed E-state index contributed by atoms with van der Waals surface area (Å²) >= 11 is 0. The summed E-state index contributed by atoms with van der Waals surface area (Å²) in [5, 5.41) is 29.8. The fraction of sp³-hybridized carbons (Fsp3) is 0.533. The van der Waals surface area contributed by atoms with Gasteiger partial charge in [-0.3, -0.25) is 4.79 Å². The van der Waals surface area contributed by atoms with Crippen LogP contribution in [-0.4, -0.2) is 51.6 Å². The third kappa shape index (κ3) is 2.07. The Bertz CT molecular complexity index is 512. The average Bonchev–Trinajstić information content (AvgIpc) is 3.13. The normalized spacial score (nSPS) is 34.2. The predicted molar refractivity (Wildman–Crippen MR) is 73.0 cm³/mol. The molecule has 0 spiro atoms. The fourth-order valence-corrected chi connectivity index (χ4v) is 2.70. The highest BCUT2D eigenvalue weighted by Gasteiger charge is 2.71. The van der Waals surface area contributed by atoms with Gasteiger partial charge in [0.05, 0.1) is 6.61 Å². The number of aliphatic hydroxyl groups excluding tert-OH is 3. The van der Waals surface area contributed by atoms with E-state index in [1.165, 1.54) is 6.08 Å². The maximum absolute atomic E-state index is 12.6. The number of ketones is 1. The van der Waals surface area contributed by atoms with Crippen LogP contribution in [0.1, 0.15) is 20.8 Å². The molecular weight excluding hydrogens is 260 g/mol. The molecule has 1 saturated heterocycles. The number of aliphatic hydroxyl groups is 3. The monoisotopic (exact) mass is 280 g/mol. The zero-order valence-corrected chi connectivity index (χ0v) is 11.8. The quantitative estimate of drug-likeness (QED) is 0.507. The van der Waals surface area contributed by atoms with Crippen LogP contribution in [0, 0.1) is 0 Å². The molecule has 3 N–H and O–H groups in total. The molecule has 5 nitrogen and oxygen atoms in total. The van der Waals surface area contributed by atoms with Crippen LogP contribution in [0.5, 0.6) is 0 Å². The minimum atomic E-state index is -1.41. The standard InChI is InChI=1S/C15H20O5/c1-4-5-9-10(7-16)12(18)14-15(20-14,13(9)19)11(17)6-8(2)3/h4-6,11-12,14,16-18H,7H2,1-3H3. The molecule has 20 heavy (non-hydrogen) atoms. The Kier molecular flexibility index (Phi) is 3.97. The number of fused-ring (bicyclic) bond motifs is 1. The number of allylic oxidation sites excluding steroid dienone is 3. The molecular formula is C15H20O5. The number of epoxide rings is 1. The van der Waals surface area contributed by atoms with E-state index in [0.29, 0.717) is 0 Å². The minimum Gasteiger partial charge on any atom is -0.392 e. The molecule has 0 aromatic carbocycles. The minimum absolute atomic E-state index is 0.220. The fourth-order valence-electron chi connectivity index (χ4n) is 2.70. The first-order valence-electron chi connectivity index (χ1n) is 6.60. The van der Waals surface area contributed by atoms with Crippen LogP contribution in [-0.2, 0) is 9.53 Å². The number of Topliss-reactive ketones (excluding diaryl/α,β-unsaturated/α-hetero) is 1. The first-order valence-corrected chi connectivity index (χ1v) is 6.60. The summed E-state index contributed by atoms with van der Waals surface area (Å²) in [6.07, 6.45) is 1.74. The molecule has 0 amide bonds. The summed E-state index contributed by atoms with van der Waals surface area (Å²) in [5.74, 6) is -0.389. The highest BCUT2D eigenvalue weighted by Crippen LogP contribution is 2.50. The van der Waals surface area contributed by atoms with Crippen LogP contribution in [0.2, 0.25) is 0 Å². The van der Waals surface area contributed by atoms with Crippen molar-refractivity contribution in [3.8, 4) is 0 Å². The lowest BCUT2D eigenvalue weighted by Crippen LogP contribution is -2.47. The van der Waals surface area contributed by atoms with Gasteiger partial charge in [0.15, 0.2) is 5.60 Å². The number of ether oxygens (including phenoxy) is 1. The summed E-state index contributed by atoms with van der Waals surface area (Å²) in [5.41, 5.74) is -0.0921. The second kappa shape index (κ2) is 5.26. The topological polar surface area (TPSA) is 90.3 Å². The van der Waals surface area contributed by atoms with Crippen LogP contribution in [0.25, 0.3) is 0 Å². The number of carbonyl (C=O) groups is 1. The molecule has 1 heterocycles. The third-order valence-corrected chi connectivity index (χ3v) is 3.71. The van der Waals surface area contributed by atoms with E-state index in [-0.39, 0.29) is 16.9 Å². The van der Waals surface area contributed by atoms with E-state index < -0.39 is 30.5 Å². The van der Waals surface area contributed by atoms with Crippen LogP contribution < -0.4 is 0 Å². The van der Waals surface area contributed by atoms with Gasteiger partial charge in [-0.15, -0.1) is 0 Å². The largest absolute Gasteiger partial charge is 0.392 e. The van der Waals surface area contributed by atoms with E-state index in [9.17, 15) is 20.1 Å². The van der Waals surface area contributed by atoms with Gasteiger partial charge in [0.25, 0.3) is 0 Å². The summed E-state index contributed by atoms with van der Waals surface area (Å²) < 4.78 is 5.38. The van der Waals surface area contributed by atoms with Gasteiger partial charge in [0.2, 0.25) is 5.78 Å². The highest BCUT2D eigenvalue weighted by molar-refractivity contribution is 6.09. The van der Waals surface area contributed by atoms with Gasteiger partial charge in [-0.2, -0.15) is 0 Å². The van der Waals surface area contributed by atoms with Crippen LogP contribution in [0.15, 0.2) is 34.9 Å². The van der Waals surface area contributed by atoms with E-state index in [2.05, 4.69) is 0 Å². The molecule has 1 fully saturated rings. The lowest BCUT2D eigenvalue weighted by molar-refractivity contribution is -0.123. The van der Waals surface area contributed by atoms with Crippen molar-refractivity contribution >= 4 is 5.78 Å². The van der Waals surface area contributed by atoms with Crippen molar-refractivity contribution in [3.63, 3.8) is 0 Å². The molecule has 0 bridgehead atoms. The van der Waals surface area contributed by atoms with Crippen LogP contribution in [0.3, 0.4) is 0 Å². The zero-order valence-electron chi connectivity index (χ0n) is 11.8. The molecule has 5 heteroatoms. The Morgan fingerprint density at radius 1 is 1.50 bits per heavy atom.